The molecule has 0 spiro atoms. The van der Waals surface area contributed by atoms with E-state index in [1.807, 2.05) is 65.8 Å². The molecule has 4 heterocycles. The molecule has 4 rings (SSSR count). The van der Waals surface area contributed by atoms with Gasteiger partial charge in [-0.15, -0.1) is 0 Å². The molecule has 5 N–H and O–H groups in total. The van der Waals surface area contributed by atoms with Crippen molar-refractivity contribution < 1.29 is 29.4 Å². The van der Waals surface area contributed by atoms with E-state index >= 15 is 0 Å². The third-order valence-corrected chi connectivity index (χ3v) is 8.35. The van der Waals surface area contributed by atoms with E-state index < -0.39 is 11.9 Å². The van der Waals surface area contributed by atoms with Gasteiger partial charge in [-0.2, -0.15) is 0 Å². The fourth-order valence-electron chi connectivity index (χ4n) is 5.77. The first kappa shape index (κ1) is 31.2. The molecule has 0 bridgehead atoms. The minimum Gasteiger partial charge on any atom is -0.481 e. The number of aliphatic imine (C=N–C) groups is 1. The Morgan fingerprint density at radius 1 is 0.884 bits per heavy atom. The molecule has 0 saturated carbocycles. The van der Waals surface area contributed by atoms with E-state index in [9.17, 15) is 29.4 Å². The smallest absolute Gasteiger partial charge is 0.303 e. The molecule has 2 aliphatic heterocycles. The first-order valence-electron chi connectivity index (χ1n) is 14.4. The molecule has 1 unspecified atom stereocenters. The Morgan fingerprint density at radius 2 is 1.53 bits per heavy atom. The van der Waals surface area contributed by atoms with Gasteiger partial charge < -0.3 is 25.5 Å². The molecule has 0 radical (unpaired) electrons. The molecule has 2 aliphatic rings. The van der Waals surface area contributed by atoms with Crippen LogP contribution < -0.4 is 16.0 Å². The Kier molecular flexibility index (Phi) is 9.18. The number of carboxylic acids is 2. The molecular formula is C33H38N4O6. The Balaban J connectivity index is 1.91. The van der Waals surface area contributed by atoms with Crippen molar-refractivity contribution >= 4 is 47.7 Å². The van der Waals surface area contributed by atoms with Crippen LogP contribution in [0.5, 0.6) is 0 Å². The highest BCUT2D eigenvalue weighted by molar-refractivity contribution is 6.30. The van der Waals surface area contributed by atoms with Gasteiger partial charge in [0, 0.05) is 46.2 Å². The van der Waals surface area contributed by atoms with Crippen LogP contribution in [0.1, 0.15) is 80.6 Å². The Bertz CT molecular complexity index is 1780. The largest absolute Gasteiger partial charge is 0.481 e. The zero-order chi connectivity index (χ0) is 31.6. The Morgan fingerprint density at radius 3 is 2.12 bits per heavy atom. The second-order valence-electron chi connectivity index (χ2n) is 11.0. The van der Waals surface area contributed by atoms with Gasteiger partial charge in [0.05, 0.1) is 11.6 Å². The van der Waals surface area contributed by atoms with Crippen LogP contribution in [0.15, 0.2) is 33.5 Å². The molecule has 1 saturated heterocycles. The number of aliphatic carboxylic acids is 2. The van der Waals surface area contributed by atoms with E-state index in [1.54, 1.807) is 0 Å². The second-order valence-corrected chi connectivity index (χ2v) is 11.0. The van der Waals surface area contributed by atoms with E-state index in [4.69, 9.17) is 0 Å². The number of hydrogen-bond acceptors (Lipinski definition) is 4. The maximum absolute atomic E-state index is 12.3. The van der Waals surface area contributed by atoms with Crippen LogP contribution in [-0.4, -0.2) is 49.6 Å². The fraction of sp³-hybridized carbons (Fsp3) is 0.364. The number of carboxylic acid groups (broad SMARTS) is 2. The van der Waals surface area contributed by atoms with Crippen LogP contribution in [0, 0.1) is 19.8 Å². The van der Waals surface area contributed by atoms with Crippen LogP contribution in [0.4, 0.5) is 0 Å². The Labute approximate surface area is 249 Å². The number of hydrogen-bond donors (Lipinski definition) is 5. The van der Waals surface area contributed by atoms with E-state index in [2.05, 4.69) is 20.3 Å². The number of H-pyrrole nitrogens is 2. The number of nitrogens with zero attached hydrogens (tertiary/aromatic N) is 1. The summed E-state index contributed by atoms with van der Waals surface area (Å²) in [7, 11) is 0. The molecule has 2 aromatic rings. The number of rotatable bonds is 10. The quantitative estimate of drug-likeness (QED) is 0.286. The van der Waals surface area contributed by atoms with Gasteiger partial charge in [-0.25, -0.2) is 4.99 Å². The first-order chi connectivity index (χ1) is 20.4. The van der Waals surface area contributed by atoms with Crippen LogP contribution >= 0.6 is 0 Å². The molecular weight excluding hydrogens is 548 g/mol. The van der Waals surface area contributed by atoms with Crippen molar-refractivity contribution in [3.05, 3.63) is 72.8 Å². The lowest BCUT2D eigenvalue weighted by atomic mass is 10.00. The molecule has 226 valence electrons. The number of aromatic nitrogens is 2. The second kappa shape index (κ2) is 12.6. The maximum Gasteiger partial charge on any atom is 0.303 e. The van der Waals surface area contributed by atoms with Gasteiger partial charge in [0.1, 0.15) is 0 Å². The van der Waals surface area contributed by atoms with Crippen molar-refractivity contribution in [1.82, 2.24) is 15.3 Å². The molecule has 10 heteroatoms. The van der Waals surface area contributed by atoms with Gasteiger partial charge in [0.2, 0.25) is 5.91 Å². The molecule has 1 atom stereocenters. The third kappa shape index (κ3) is 6.38. The van der Waals surface area contributed by atoms with Gasteiger partial charge in [0.15, 0.2) is 0 Å². The monoisotopic (exact) mass is 586 g/mol. The summed E-state index contributed by atoms with van der Waals surface area (Å²) in [5, 5.41) is 23.2. The summed E-state index contributed by atoms with van der Waals surface area (Å²) < 4.78 is 0. The lowest BCUT2D eigenvalue weighted by molar-refractivity contribution is -0.138. The highest BCUT2D eigenvalue weighted by Gasteiger charge is 2.29. The van der Waals surface area contributed by atoms with Crippen molar-refractivity contribution in [1.29, 1.82) is 0 Å². The lowest BCUT2D eigenvalue weighted by Crippen LogP contribution is -2.16. The van der Waals surface area contributed by atoms with E-state index in [0.29, 0.717) is 39.8 Å². The van der Waals surface area contributed by atoms with Gasteiger partial charge >= 0.3 is 11.9 Å². The number of carbonyl (C=O) groups is 4. The van der Waals surface area contributed by atoms with Gasteiger partial charge in [-0.3, -0.25) is 19.2 Å². The van der Waals surface area contributed by atoms with Gasteiger partial charge in [0.25, 0.3) is 5.91 Å². The van der Waals surface area contributed by atoms with Gasteiger partial charge in [-0.05, 0) is 106 Å². The normalized spacial score (nSPS) is 19.8. The standard InChI is InChI=1S/C33H38N4O6/c1-7-20-19(6)32(42)37-27(20)14-25-18(5)23(10-12-31(40)41)29(35-25)15-28-22(9-11-30(38)39)17(4)24(34-28)13-26-16(3)21(8-2)33(43)36-26/h7,13-15,19,34-35H,8-12H2,1-6H3,(H,37,42)(H,38,39)(H,40,41)/b20-7+,24-13-,27-14-,28-15+. The van der Waals surface area contributed by atoms with Crippen molar-refractivity contribution in [3.8, 4) is 0 Å². The Hall–Kier alpha value is -4.73. The number of carbonyl (C=O) groups excluding carboxylic acids is 2. The molecule has 10 nitrogen and oxygen atoms in total. The van der Waals surface area contributed by atoms with Crippen LogP contribution in [-0.2, 0) is 32.0 Å². The predicted octanol–water partition coefficient (Wildman–Crippen LogP) is 3.36. The van der Waals surface area contributed by atoms with Crippen molar-refractivity contribution in [2.45, 2.75) is 73.6 Å². The number of allylic oxidation sites excluding steroid dienone is 3. The summed E-state index contributed by atoms with van der Waals surface area (Å²) in [4.78, 5) is 58.8. The fourth-order valence-corrected chi connectivity index (χ4v) is 5.77. The molecule has 0 aromatic carbocycles. The number of nitrogens with one attached hydrogen (secondary N) is 3. The van der Waals surface area contributed by atoms with Crippen LogP contribution in [0.25, 0.3) is 18.2 Å². The highest BCUT2D eigenvalue weighted by Crippen LogP contribution is 2.29. The van der Waals surface area contributed by atoms with E-state index in [-0.39, 0.29) is 43.4 Å². The topological polar surface area (TPSA) is 165 Å². The molecule has 2 aromatic heterocycles. The SMILES string of the molecule is C/C=C1/C(=C/c2[nH]c(/C=c3/[nH]/c(=C\C4=NC(=O)C(CC)=C4C)c(C)c3CCC(=O)O)c(CCC(=O)O)c2C)NC(=O)C1C. The zero-order valence-corrected chi connectivity index (χ0v) is 25.4. The van der Waals surface area contributed by atoms with Gasteiger partial charge in [-0.1, -0.05) is 13.0 Å². The molecule has 2 amide bonds. The molecule has 43 heavy (non-hydrogen) atoms. The summed E-state index contributed by atoms with van der Waals surface area (Å²) in [5.74, 6) is -2.44. The summed E-state index contributed by atoms with van der Waals surface area (Å²) in [6.45, 7) is 11.3. The first-order valence-corrected chi connectivity index (χ1v) is 14.4. The minimum absolute atomic E-state index is 0.0721. The van der Waals surface area contributed by atoms with Crippen molar-refractivity contribution in [2.24, 2.45) is 10.9 Å². The molecule has 1 fully saturated rings. The van der Waals surface area contributed by atoms with Crippen LogP contribution in [0.3, 0.4) is 0 Å². The van der Waals surface area contributed by atoms with Crippen LogP contribution in [0.2, 0.25) is 0 Å². The highest BCUT2D eigenvalue weighted by atomic mass is 16.4. The third-order valence-electron chi connectivity index (χ3n) is 8.35. The summed E-state index contributed by atoms with van der Waals surface area (Å²) >= 11 is 0. The number of amides is 2. The summed E-state index contributed by atoms with van der Waals surface area (Å²) in [5.41, 5.74) is 8.40. The summed E-state index contributed by atoms with van der Waals surface area (Å²) in [6.07, 6.45) is 8.45. The number of aromatic amines is 2. The average molecular weight is 587 g/mol. The van der Waals surface area contributed by atoms with E-state index in [0.717, 1.165) is 39.1 Å². The predicted molar refractivity (Wildman–Crippen MR) is 165 cm³/mol. The zero-order valence-electron chi connectivity index (χ0n) is 25.4. The molecule has 0 aliphatic carbocycles. The lowest BCUT2D eigenvalue weighted by Gasteiger charge is -2.03. The minimum atomic E-state index is -0.923. The average Bonchev–Trinajstić information content (AvgIpc) is 3.59. The maximum atomic E-state index is 12.3. The van der Waals surface area contributed by atoms with Crippen molar-refractivity contribution in [3.63, 3.8) is 0 Å². The van der Waals surface area contributed by atoms with E-state index in [1.165, 1.54) is 0 Å². The van der Waals surface area contributed by atoms with Crippen molar-refractivity contribution in [2.75, 3.05) is 0 Å². The summed E-state index contributed by atoms with van der Waals surface area (Å²) in [6, 6.07) is 0.